The van der Waals surface area contributed by atoms with E-state index in [0.29, 0.717) is 12.9 Å². The summed E-state index contributed by atoms with van der Waals surface area (Å²) < 4.78 is 0. The highest BCUT2D eigenvalue weighted by atomic mass is 16.4. The molecule has 1 atom stereocenters. The smallest absolute Gasteiger partial charge is 0.427 e. The molecule has 6 N–H and O–H groups in total. The van der Waals surface area contributed by atoms with Crippen LogP contribution in [0.2, 0.25) is 6.32 Å². The fraction of sp³-hybridized carbons (Fsp3) is 0.429. The second-order valence-corrected chi connectivity index (χ2v) is 7.06. The zero-order chi connectivity index (χ0) is 19.3. The van der Waals surface area contributed by atoms with Gasteiger partial charge in [0.05, 0.1) is 0 Å². The quantitative estimate of drug-likeness (QED) is 0.411. The Labute approximate surface area is 158 Å². The Kier molecular flexibility index (Phi) is 10.9. The molecule has 0 aliphatic heterocycles. The molecule has 0 saturated heterocycles. The molecule has 0 aromatic heterocycles. The molecule has 2 aromatic carbocycles. The summed E-state index contributed by atoms with van der Waals surface area (Å²) in [5.74, 6) is 0. The molecule has 2 rings (SSSR count). The van der Waals surface area contributed by atoms with E-state index in [1.54, 1.807) is 0 Å². The van der Waals surface area contributed by atoms with Crippen molar-refractivity contribution in [2.45, 2.75) is 50.9 Å². The minimum Gasteiger partial charge on any atom is -0.427 e. The monoisotopic (exact) mass is 356 g/mol. The maximum absolute atomic E-state index is 8.54. The van der Waals surface area contributed by atoms with Gasteiger partial charge in [0.2, 0.25) is 0 Å². The van der Waals surface area contributed by atoms with E-state index in [9.17, 15) is 0 Å². The van der Waals surface area contributed by atoms with Crippen molar-refractivity contribution in [1.82, 2.24) is 0 Å². The summed E-state index contributed by atoms with van der Waals surface area (Å²) in [5, 5.41) is 17.1. The summed E-state index contributed by atoms with van der Waals surface area (Å²) in [6.07, 6.45) is 5.18. The summed E-state index contributed by atoms with van der Waals surface area (Å²) in [4.78, 5) is 0. The van der Waals surface area contributed by atoms with Gasteiger partial charge >= 0.3 is 7.12 Å². The van der Waals surface area contributed by atoms with Crippen LogP contribution in [-0.2, 0) is 12.8 Å². The SMILES string of the molecule is CC(N)(CN)CCCCB(O)O.c1ccc(CCc2ccccc2)cc1. The molecule has 0 aliphatic rings. The lowest BCUT2D eigenvalue weighted by atomic mass is 9.82. The van der Waals surface area contributed by atoms with E-state index < -0.39 is 7.12 Å². The van der Waals surface area contributed by atoms with Crippen LogP contribution >= 0.6 is 0 Å². The van der Waals surface area contributed by atoms with Crippen LogP contribution in [0.25, 0.3) is 0 Å². The molecule has 1 unspecified atom stereocenters. The third-order valence-corrected chi connectivity index (χ3v) is 4.31. The zero-order valence-electron chi connectivity index (χ0n) is 15.8. The van der Waals surface area contributed by atoms with Gasteiger partial charge < -0.3 is 21.5 Å². The van der Waals surface area contributed by atoms with Crippen molar-refractivity contribution >= 4 is 7.12 Å². The molecular formula is C21H33BN2O2. The third kappa shape index (κ3) is 11.1. The highest BCUT2D eigenvalue weighted by Gasteiger charge is 2.15. The van der Waals surface area contributed by atoms with E-state index in [-0.39, 0.29) is 5.54 Å². The summed E-state index contributed by atoms with van der Waals surface area (Å²) in [7, 11) is -1.19. The van der Waals surface area contributed by atoms with Crippen molar-refractivity contribution in [3.63, 3.8) is 0 Å². The first-order valence-corrected chi connectivity index (χ1v) is 9.36. The van der Waals surface area contributed by atoms with Crippen molar-refractivity contribution in [1.29, 1.82) is 0 Å². The molecular weight excluding hydrogens is 323 g/mol. The molecule has 0 radical (unpaired) electrons. The Morgan fingerprint density at radius 2 is 1.31 bits per heavy atom. The number of unbranched alkanes of at least 4 members (excludes halogenated alkanes) is 1. The molecule has 26 heavy (non-hydrogen) atoms. The van der Waals surface area contributed by atoms with Crippen molar-refractivity contribution < 1.29 is 10.0 Å². The van der Waals surface area contributed by atoms with Gasteiger partial charge in [0, 0.05) is 12.1 Å². The van der Waals surface area contributed by atoms with E-state index in [1.165, 1.54) is 11.1 Å². The molecule has 142 valence electrons. The highest BCUT2D eigenvalue weighted by Crippen LogP contribution is 2.10. The van der Waals surface area contributed by atoms with E-state index >= 15 is 0 Å². The minimum absolute atomic E-state index is 0.305. The number of benzene rings is 2. The van der Waals surface area contributed by atoms with Gasteiger partial charge in [0.1, 0.15) is 0 Å². The van der Waals surface area contributed by atoms with Gasteiger partial charge in [0.15, 0.2) is 0 Å². The van der Waals surface area contributed by atoms with Crippen LogP contribution < -0.4 is 11.5 Å². The van der Waals surface area contributed by atoms with Gasteiger partial charge in [-0.3, -0.25) is 0 Å². The van der Waals surface area contributed by atoms with Gasteiger partial charge in [-0.05, 0) is 43.6 Å². The third-order valence-electron chi connectivity index (χ3n) is 4.31. The van der Waals surface area contributed by atoms with Gasteiger partial charge in [-0.1, -0.05) is 73.5 Å². The first kappa shape index (κ1) is 22.4. The molecule has 4 nitrogen and oxygen atoms in total. The lowest BCUT2D eigenvalue weighted by Crippen LogP contribution is -2.43. The number of nitrogens with two attached hydrogens (primary N) is 2. The molecule has 0 fully saturated rings. The van der Waals surface area contributed by atoms with Crippen LogP contribution in [0.1, 0.15) is 37.3 Å². The lowest BCUT2D eigenvalue weighted by molar-refractivity contribution is 0.391. The predicted molar refractivity (Wildman–Crippen MR) is 111 cm³/mol. The van der Waals surface area contributed by atoms with Gasteiger partial charge in [0.25, 0.3) is 0 Å². The summed E-state index contributed by atoms with van der Waals surface area (Å²) >= 11 is 0. The molecule has 0 spiro atoms. The largest absolute Gasteiger partial charge is 0.451 e. The van der Waals surface area contributed by atoms with E-state index in [0.717, 1.165) is 32.1 Å². The minimum atomic E-state index is -1.19. The Hall–Kier alpha value is -1.66. The first-order valence-electron chi connectivity index (χ1n) is 9.36. The van der Waals surface area contributed by atoms with Crippen LogP contribution in [0.15, 0.2) is 60.7 Å². The number of aryl methyl sites for hydroxylation is 2. The summed E-state index contributed by atoms with van der Waals surface area (Å²) in [5.41, 5.74) is 13.7. The van der Waals surface area contributed by atoms with Crippen LogP contribution in [-0.4, -0.2) is 29.3 Å². The Bertz CT molecular complexity index is 538. The highest BCUT2D eigenvalue weighted by molar-refractivity contribution is 6.40. The Balaban J connectivity index is 0.000000265. The normalized spacial score (nSPS) is 12.7. The second kappa shape index (κ2) is 12.7. The Morgan fingerprint density at radius 3 is 1.69 bits per heavy atom. The number of rotatable bonds is 9. The standard InChI is InChI=1S/C14H14.C7H19BN2O2/c1-3-7-13(8-4-1)11-12-14-9-5-2-6-10-14;1-7(10,6-9)4-2-3-5-8(11)12/h1-10H,11-12H2;11-12H,2-6,9-10H2,1H3. The summed E-state index contributed by atoms with van der Waals surface area (Å²) in [6.45, 7) is 2.37. The van der Waals surface area contributed by atoms with Crippen LogP contribution in [0.5, 0.6) is 0 Å². The summed E-state index contributed by atoms with van der Waals surface area (Å²) in [6, 6.07) is 21.2. The molecule has 2 aromatic rings. The Morgan fingerprint density at radius 1 is 0.846 bits per heavy atom. The van der Waals surface area contributed by atoms with Crippen molar-refractivity contribution in [2.24, 2.45) is 11.5 Å². The van der Waals surface area contributed by atoms with Crippen LogP contribution in [0, 0.1) is 0 Å². The van der Waals surface area contributed by atoms with Gasteiger partial charge in [-0.25, -0.2) is 0 Å². The average Bonchev–Trinajstić information content (AvgIpc) is 2.66. The molecule has 5 heteroatoms. The van der Waals surface area contributed by atoms with E-state index in [4.69, 9.17) is 21.5 Å². The molecule has 0 bridgehead atoms. The fourth-order valence-corrected chi connectivity index (χ4v) is 2.54. The van der Waals surface area contributed by atoms with Crippen molar-refractivity contribution in [3.05, 3.63) is 71.8 Å². The number of hydrogen-bond acceptors (Lipinski definition) is 4. The fourth-order valence-electron chi connectivity index (χ4n) is 2.54. The second-order valence-electron chi connectivity index (χ2n) is 7.06. The number of hydrogen-bond donors (Lipinski definition) is 4. The van der Waals surface area contributed by atoms with Gasteiger partial charge in [-0.15, -0.1) is 0 Å². The maximum atomic E-state index is 8.54. The average molecular weight is 356 g/mol. The maximum Gasteiger partial charge on any atom is 0.451 e. The lowest BCUT2D eigenvalue weighted by Gasteiger charge is -2.21. The predicted octanol–water partition coefficient (Wildman–Crippen LogP) is 2.78. The van der Waals surface area contributed by atoms with E-state index in [2.05, 4.69) is 60.7 Å². The van der Waals surface area contributed by atoms with Crippen LogP contribution in [0.4, 0.5) is 0 Å². The molecule has 0 saturated carbocycles. The van der Waals surface area contributed by atoms with Gasteiger partial charge in [-0.2, -0.15) is 0 Å². The molecule has 0 aliphatic carbocycles. The molecule has 0 heterocycles. The van der Waals surface area contributed by atoms with Crippen molar-refractivity contribution in [3.8, 4) is 0 Å². The molecule has 0 amide bonds. The first-order chi connectivity index (χ1) is 12.4. The topological polar surface area (TPSA) is 92.5 Å². The van der Waals surface area contributed by atoms with Crippen LogP contribution in [0.3, 0.4) is 0 Å². The van der Waals surface area contributed by atoms with Crippen molar-refractivity contribution in [2.75, 3.05) is 6.54 Å². The van der Waals surface area contributed by atoms with E-state index in [1.807, 2.05) is 6.92 Å². The zero-order valence-corrected chi connectivity index (χ0v) is 15.8.